The topological polar surface area (TPSA) is 62.7 Å². The van der Waals surface area contributed by atoms with Crippen LogP contribution < -0.4 is 9.64 Å². The number of halogens is 2. The highest BCUT2D eigenvalue weighted by Crippen LogP contribution is 2.28. The molecule has 40 heavy (non-hydrogen) atoms. The van der Waals surface area contributed by atoms with Crippen LogP contribution in [0.15, 0.2) is 97.7 Å². The maximum absolute atomic E-state index is 13.7. The number of alkyl halides is 2. The number of aliphatic carboxylic acids is 1. The Labute approximate surface area is 235 Å². The van der Waals surface area contributed by atoms with Crippen molar-refractivity contribution in [1.82, 2.24) is 4.98 Å². The maximum Gasteiger partial charge on any atom is 0.347 e. The van der Waals surface area contributed by atoms with Gasteiger partial charge in [-0.2, -0.15) is 0 Å². The van der Waals surface area contributed by atoms with Crippen molar-refractivity contribution in [2.45, 2.75) is 52.2 Å². The molecule has 3 aromatic rings. The van der Waals surface area contributed by atoms with E-state index < -0.39 is 17.5 Å². The Hall–Kier alpha value is -4.26. The summed E-state index contributed by atoms with van der Waals surface area (Å²) in [7, 11) is 0. The van der Waals surface area contributed by atoms with Gasteiger partial charge in [0.25, 0.3) is 5.92 Å². The number of benzene rings is 2. The van der Waals surface area contributed by atoms with Crippen LogP contribution in [0.4, 0.5) is 14.6 Å². The monoisotopic (exact) mass is 546 g/mol. The summed E-state index contributed by atoms with van der Waals surface area (Å²) in [5.41, 5.74) is 2.45. The number of rotatable bonds is 13. The van der Waals surface area contributed by atoms with Crippen LogP contribution in [0.2, 0.25) is 0 Å². The summed E-state index contributed by atoms with van der Waals surface area (Å²) in [6.45, 7) is 10.8. The normalized spacial score (nSPS) is 12.4. The number of hydrogen-bond donors (Lipinski definition) is 1. The summed E-state index contributed by atoms with van der Waals surface area (Å²) in [6.07, 6.45) is 10.1. The van der Waals surface area contributed by atoms with Gasteiger partial charge in [-0.05, 0) is 68.2 Å². The summed E-state index contributed by atoms with van der Waals surface area (Å²) < 4.78 is 33.0. The van der Waals surface area contributed by atoms with E-state index in [2.05, 4.69) is 11.5 Å². The Bertz CT molecular complexity index is 1340. The number of carboxylic acids is 1. The molecule has 0 atom stereocenters. The van der Waals surface area contributed by atoms with Gasteiger partial charge in [0, 0.05) is 37.3 Å². The summed E-state index contributed by atoms with van der Waals surface area (Å²) in [5.74, 6) is -2.71. The van der Waals surface area contributed by atoms with Gasteiger partial charge < -0.3 is 14.7 Å². The molecule has 0 spiro atoms. The molecule has 7 heteroatoms. The SMILES string of the molecule is C=C/C(=C\C=C/C)c1ccc(N(CCc2ccc(OC(C)(C)C(=O)O)cc2)Cc2ccc(C(C)(F)F)cc2)nc1. The van der Waals surface area contributed by atoms with Crippen LogP contribution in [0.3, 0.4) is 0 Å². The van der Waals surface area contributed by atoms with Crippen LogP contribution in [-0.4, -0.2) is 28.2 Å². The Kier molecular flexibility index (Phi) is 9.99. The first-order valence-corrected chi connectivity index (χ1v) is 13.1. The summed E-state index contributed by atoms with van der Waals surface area (Å²) in [6, 6.07) is 17.6. The Balaban J connectivity index is 1.82. The Morgan fingerprint density at radius 2 is 1.68 bits per heavy atom. The lowest BCUT2D eigenvalue weighted by atomic mass is 10.1. The lowest BCUT2D eigenvalue weighted by Crippen LogP contribution is -2.37. The molecule has 3 rings (SSSR count). The fourth-order valence-electron chi connectivity index (χ4n) is 3.95. The van der Waals surface area contributed by atoms with E-state index in [-0.39, 0.29) is 5.56 Å². The van der Waals surface area contributed by atoms with Gasteiger partial charge in [-0.15, -0.1) is 0 Å². The first-order valence-electron chi connectivity index (χ1n) is 13.1. The molecule has 0 aliphatic rings. The molecule has 0 unspecified atom stereocenters. The van der Waals surface area contributed by atoms with E-state index in [1.807, 2.05) is 49.4 Å². The van der Waals surface area contributed by atoms with Crippen molar-refractivity contribution in [3.8, 4) is 5.75 Å². The smallest absolute Gasteiger partial charge is 0.347 e. The number of carbonyl (C=O) groups is 1. The van der Waals surface area contributed by atoms with Crippen LogP contribution in [0, 0.1) is 0 Å². The van der Waals surface area contributed by atoms with Crippen molar-refractivity contribution < 1.29 is 23.4 Å². The second-order valence-corrected chi connectivity index (χ2v) is 10.1. The average molecular weight is 547 g/mol. The van der Waals surface area contributed by atoms with Crippen LogP contribution in [0.1, 0.15) is 49.9 Å². The number of carboxylic acid groups (broad SMARTS) is 1. The van der Waals surface area contributed by atoms with Crippen molar-refractivity contribution in [2.24, 2.45) is 0 Å². The summed E-state index contributed by atoms with van der Waals surface area (Å²) >= 11 is 0. The van der Waals surface area contributed by atoms with Crippen molar-refractivity contribution in [3.63, 3.8) is 0 Å². The zero-order chi connectivity index (χ0) is 29.3. The number of ether oxygens (including phenoxy) is 1. The molecule has 2 aromatic carbocycles. The van der Waals surface area contributed by atoms with Crippen molar-refractivity contribution >= 4 is 17.4 Å². The van der Waals surface area contributed by atoms with Crippen LogP contribution in [-0.2, 0) is 23.7 Å². The lowest BCUT2D eigenvalue weighted by Gasteiger charge is -2.25. The zero-order valence-electron chi connectivity index (χ0n) is 23.4. The van der Waals surface area contributed by atoms with Crippen LogP contribution >= 0.6 is 0 Å². The molecule has 0 saturated carbocycles. The van der Waals surface area contributed by atoms with Crippen molar-refractivity contribution in [3.05, 3.63) is 120 Å². The highest BCUT2D eigenvalue weighted by atomic mass is 19.3. The number of nitrogens with zero attached hydrogens (tertiary/aromatic N) is 2. The number of pyridine rings is 1. The first-order chi connectivity index (χ1) is 18.9. The van der Waals surface area contributed by atoms with Gasteiger partial charge in [0.2, 0.25) is 0 Å². The molecular formula is C33H36F2N2O3. The molecule has 0 fully saturated rings. The lowest BCUT2D eigenvalue weighted by molar-refractivity contribution is -0.152. The number of allylic oxidation sites excluding steroid dienone is 5. The van der Waals surface area contributed by atoms with Gasteiger partial charge in [0.1, 0.15) is 11.6 Å². The van der Waals surface area contributed by atoms with E-state index in [1.54, 1.807) is 36.5 Å². The highest BCUT2D eigenvalue weighted by molar-refractivity contribution is 5.77. The summed E-state index contributed by atoms with van der Waals surface area (Å²) in [5, 5.41) is 9.30. The van der Waals surface area contributed by atoms with Gasteiger partial charge >= 0.3 is 5.97 Å². The molecule has 0 amide bonds. The molecular weight excluding hydrogens is 510 g/mol. The van der Waals surface area contributed by atoms with Crippen molar-refractivity contribution in [1.29, 1.82) is 0 Å². The quantitative estimate of drug-likeness (QED) is 0.221. The highest BCUT2D eigenvalue weighted by Gasteiger charge is 2.29. The third kappa shape index (κ3) is 8.37. The third-order valence-corrected chi connectivity index (χ3v) is 6.41. The van der Waals surface area contributed by atoms with E-state index in [0.717, 1.165) is 35.0 Å². The molecule has 0 aliphatic carbocycles. The van der Waals surface area contributed by atoms with Gasteiger partial charge in [0.05, 0.1) is 0 Å². The molecule has 5 nitrogen and oxygen atoms in total. The van der Waals surface area contributed by atoms with Gasteiger partial charge in [-0.25, -0.2) is 18.6 Å². The molecule has 0 bridgehead atoms. The van der Waals surface area contributed by atoms with Gasteiger partial charge in [-0.1, -0.05) is 67.3 Å². The average Bonchev–Trinajstić information content (AvgIpc) is 2.92. The fourth-order valence-corrected chi connectivity index (χ4v) is 3.95. The van der Waals surface area contributed by atoms with E-state index in [0.29, 0.717) is 25.3 Å². The molecule has 1 aromatic heterocycles. The summed E-state index contributed by atoms with van der Waals surface area (Å²) in [4.78, 5) is 18.2. The van der Waals surface area contributed by atoms with Gasteiger partial charge in [-0.3, -0.25) is 0 Å². The predicted octanol–water partition coefficient (Wildman–Crippen LogP) is 7.83. The second-order valence-electron chi connectivity index (χ2n) is 10.1. The van der Waals surface area contributed by atoms with E-state index in [9.17, 15) is 18.7 Å². The minimum Gasteiger partial charge on any atom is -0.478 e. The molecule has 1 heterocycles. The molecule has 1 N–H and O–H groups in total. The van der Waals surface area contributed by atoms with Crippen LogP contribution in [0.25, 0.3) is 5.57 Å². The number of hydrogen-bond acceptors (Lipinski definition) is 4. The van der Waals surface area contributed by atoms with Crippen molar-refractivity contribution in [2.75, 3.05) is 11.4 Å². The molecule has 0 aliphatic heterocycles. The predicted molar refractivity (Wildman–Crippen MR) is 157 cm³/mol. The number of anilines is 1. The molecule has 0 radical (unpaired) electrons. The van der Waals surface area contributed by atoms with E-state index in [1.165, 1.54) is 26.0 Å². The van der Waals surface area contributed by atoms with Crippen LogP contribution in [0.5, 0.6) is 5.75 Å². The Morgan fingerprint density at radius 3 is 2.20 bits per heavy atom. The second kappa shape index (κ2) is 13.2. The molecule has 0 saturated heterocycles. The van der Waals surface area contributed by atoms with E-state index in [4.69, 9.17) is 9.72 Å². The standard InChI is InChI=1S/C33H36F2N2O3/c1-6-8-9-26(7-2)27-14-19-30(36-22-27)37(23-25-10-15-28(16-11-25)33(5,34)35)21-20-24-12-17-29(18-13-24)40-32(3,4)31(38)39/h6-19,22H,2,20-21,23H2,1,3-5H3,(H,38,39)/b8-6-,26-9+. The third-order valence-electron chi connectivity index (χ3n) is 6.41. The maximum atomic E-state index is 13.7. The minimum absolute atomic E-state index is 0.0245. The zero-order valence-corrected chi connectivity index (χ0v) is 23.4. The first kappa shape index (κ1) is 30.3. The minimum atomic E-state index is -2.89. The largest absolute Gasteiger partial charge is 0.478 e. The van der Waals surface area contributed by atoms with E-state index >= 15 is 0 Å². The fraction of sp³-hybridized carbons (Fsp3) is 0.273. The Morgan fingerprint density at radius 1 is 1.02 bits per heavy atom. The number of aromatic nitrogens is 1. The van der Waals surface area contributed by atoms with Gasteiger partial charge in [0.15, 0.2) is 5.60 Å². The molecule has 210 valence electrons.